The summed E-state index contributed by atoms with van der Waals surface area (Å²) in [6.07, 6.45) is 7.33. The largest absolute Gasteiger partial charge is 0.494 e. The van der Waals surface area contributed by atoms with Crippen LogP contribution in [-0.2, 0) is 0 Å². The fourth-order valence-electron chi connectivity index (χ4n) is 2.96. The molecule has 2 rings (SSSR count). The van der Waals surface area contributed by atoms with Crippen LogP contribution in [0.2, 0.25) is 0 Å². The Morgan fingerprint density at radius 2 is 2.10 bits per heavy atom. The Labute approximate surface area is 121 Å². The third kappa shape index (κ3) is 3.27. The van der Waals surface area contributed by atoms with E-state index in [1.54, 1.807) is 13.3 Å². The minimum absolute atomic E-state index is 0.236. The molecule has 3 nitrogen and oxygen atoms in total. The fourth-order valence-corrected chi connectivity index (χ4v) is 2.96. The predicted molar refractivity (Wildman–Crippen MR) is 82.5 cm³/mol. The van der Waals surface area contributed by atoms with E-state index in [4.69, 9.17) is 4.74 Å². The van der Waals surface area contributed by atoms with E-state index in [1.807, 2.05) is 26.0 Å². The molecule has 0 atom stereocenters. The molecular weight excluding hydrogens is 250 g/mol. The van der Waals surface area contributed by atoms with Gasteiger partial charge in [-0.25, -0.2) is 0 Å². The minimum atomic E-state index is 0.236. The molecule has 1 aliphatic carbocycles. The van der Waals surface area contributed by atoms with Gasteiger partial charge in [0.15, 0.2) is 5.78 Å². The summed E-state index contributed by atoms with van der Waals surface area (Å²) in [5, 5.41) is 0. The number of methoxy groups -OCH3 is 1. The van der Waals surface area contributed by atoms with Gasteiger partial charge in [-0.15, -0.1) is 0 Å². The molecule has 0 spiro atoms. The van der Waals surface area contributed by atoms with Crippen LogP contribution in [0.15, 0.2) is 17.1 Å². The number of ether oxygens (including phenoxy) is 1. The Hall–Kier alpha value is -1.64. The van der Waals surface area contributed by atoms with Crippen LogP contribution in [0.1, 0.15) is 54.9 Å². The van der Waals surface area contributed by atoms with Gasteiger partial charge in [0.25, 0.3) is 0 Å². The summed E-state index contributed by atoms with van der Waals surface area (Å²) in [6.45, 7) is 3.84. The monoisotopic (exact) mass is 273 g/mol. The van der Waals surface area contributed by atoms with Crippen LogP contribution >= 0.6 is 0 Å². The molecule has 1 aromatic carbocycles. The van der Waals surface area contributed by atoms with Crippen molar-refractivity contribution in [3.63, 3.8) is 0 Å². The van der Waals surface area contributed by atoms with Crippen molar-refractivity contribution in [2.24, 2.45) is 10.9 Å². The molecule has 1 saturated carbocycles. The zero-order valence-corrected chi connectivity index (χ0v) is 12.6. The van der Waals surface area contributed by atoms with Gasteiger partial charge in [0, 0.05) is 18.2 Å². The quantitative estimate of drug-likeness (QED) is 0.585. The lowest BCUT2D eigenvalue weighted by Gasteiger charge is -2.12. The molecule has 3 heteroatoms. The first kappa shape index (κ1) is 14.8. The molecule has 0 bridgehead atoms. The van der Waals surface area contributed by atoms with Crippen molar-refractivity contribution in [2.45, 2.75) is 46.0 Å². The van der Waals surface area contributed by atoms with E-state index >= 15 is 0 Å². The second kappa shape index (κ2) is 6.69. The topological polar surface area (TPSA) is 38.7 Å². The van der Waals surface area contributed by atoms with Crippen molar-refractivity contribution in [3.8, 4) is 5.75 Å². The van der Waals surface area contributed by atoms with E-state index in [9.17, 15) is 4.79 Å². The molecule has 108 valence electrons. The molecule has 0 amide bonds. The molecule has 0 radical (unpaired) electrons. The first-order valence-corrected chi connectivity index (χ1v) is 7.36. The van der Waals surface area contributed by atoms with Gasteiger partial charge in [0.05, 0.1) is 7.11 Å². The van der Waals surface area contributed by atoms with Gasteiger partial charge in [0.1, 0.15) is 11.4 Å². The summed E-state index contributed by atoms with van der Waals surface area (Å²) in [5.41, 5.74) is 2.54. The first-order valence-electron chi connectivity index (χ1n) is 7.36. The van der Waals surface area contributed by atoms with Crippen molar-refractivity contribution >= 4 is 17.7 Å². The van der Waals surface area contributed by atoms with Gasteiger partial charge in [-0.1, -0.05) is 25.7 Å². The lowest BCUT2D eigenvalue weighted by Crippen LogP contribution is -2.08. The highest BCUT2D eigenvalue weighted by Crippen LogP contribution is 2.33. The third-order valence-corrected chi connectivity index (χ3v) is 4.04. The zero-order valence-electron chi connectivity index (χ0n) is 12.6. The summed E-state index contributed by atoms with van der Waals surface area (Å²) in [4.78, 5) is 16.7. The fraction of sp³-hybridized carbons (Fsp3) is 0.529. The van der Waals surface area contributed by atoms with Gasteiger partial charge in [-0.3, -0.25) is 9.79 Å². The molecule has 0 aliphatic heterocycles. The number of Topliss-reactive ketones (excluding diaryl/α,β-unsaturated/α-hetero) is 1. The standard InChI is InChI=1S/C17H23NO2/c1-4-18-15-9-12(2)14(11-17(15)20-3)16(19)10-13-7-5-6-8-13/h4,9,11,13H,5-8,10H2,1-3H3/b18-4+. The summed E-state index contributed by atoms with van der Waals surface area (Å²) in [7, 11) is 1.62. The predicted octanol–water partition coefficient (Wildman–Crippen LogP) is 4.49. The van der Waals surface area contributed by atoms with Crippen LogP contribution in [0, 0.1) is 12.8 Å². The van der Waals surface area contributed by atoms with E-state index < -0.39 is 0 Å². The summed E-state index contributed by atoms with van der Waals surface area (Å²) in [6, 6.07) is 3.77. The van der Waals surface area contributed by atoms with Gasteiger partial charge < -0.3 is 4.74 Å². The van der Waals surface area contributed by atoms with Gasteiger partial charge in [0.2, 0.25) is 0 Å². The number of carbonyl (C=O) groups is 1. The normalized spacial score (nSPS) is 15.9. The Bertz CT molecular complexity index is 514. The number of ketones is 1. The van der Waals surface area contributed by atoms with Crippen molar-refractivity contribution in [1.82, 2.24) is 0 Å². The molecule has 0 unspecified atom stereocenters. The molecular formula is C17H23NO2. The Balaban J connectivity index is 2.24. The maximum Gasteiger partial charge on any atom is 0.163 e. The van der Waals surface area contributed by atoms with E-state index in [1.165, 1.54) is 25.7 Å². The maximum absolute atomic E-state index is 12.5. The second-order valence-electron chi connectivity index (χ2n) is 5.50. The number of aliphatic imine (C=N–C) groups is 1. The molecule has 1 aromatic rings. The molecule has 0 aromatic heterocycles. The SMILES string of the molecule is C/C=N/c1cc(C)c(C(=O)CC2CCCC2)cc1OC. The molecule has 1 aliphatic rings. The van der Waals surface area contributed by atoms with Crippen LogP contribution in [0.25, 0.3) is 0 Å². The van der Waals surface area contributed by atoms with E-state index in [-0.39, 0.29) is 5.78 Å². The highest BCUT2D eigenvalue weighted by atomic mass is 16.5. The maximum atomic E-state index is 12.5. The highest BCUT2D eigenvalue weighted by molar-refractivity contribution is 5.98. The van der Waals surface area contributed by atoms with Crippen molar-refractivity contribution in [1.29, 1.82) is 0 Å². The van der Waals surface area contributed by atoms with Crippen LogP contribution in [0.5, 0.6) is 5.75 Å². The van der Waals surface area contributed by atoms with Gasteiger partial charge in [-0.2, -0.15) is 0 Å². The molecule has 20 heavy (non-hydrogen) atoms. The molecule has 0 saturated heterocycles. The molecule has 1 fully saturated rings. The number of hydrogen-bond donors (Lipinski definition) is 0. The van der Waals surface area contributed by atoms with Gasteiger partial charge >= 0.3 is 0 Å². The lowest BCUT2D eigenvalue weighted by molar-refractivity contribution is 0.0961. The smallest absolute Gasteiger partial charge is 0.163 e. The van der Waals surface area contributed by atoms with Crippen LogP contribution in [-0.4, -0.2) is 19.1 Å². The number of hydrogen-bond acceptors (Lipinski definition) is 3. The number of carbonyl (C=O) groups excluding carboxylic acids is 1. The number of benzene rings is 1. The van der Waals surface area contributed by atoms with Crippen molar-refractivity contribution in [3.05, 3.63) is 23.3 Å². The second-order valence-corrected chi connectivity index (χ2v) is 5.50. The third-order valence-electron chi connectivity index (χ3n) is 4.04. The van der Waals surface area contributed by atoms with Crippen LogP contribution < -0.4 is 4.74 Å². The Morgan fingerprint density at radius 1 is 1.40 bits per heavy atom. The van der Waals surface area contributed by atoms with Crippen molar-refractivity contribution in [2.75, 3.05) is 7.11 Å². The van der Waals surface area contributed by atoms with Crippen molar-refractivity contribution < 1.29 is 9.53 Å². The summed E-state index contributed by atoms with van der Waals surface area (Å²) >= 11 is 0. The van der Waals surface area contributed by atoms with Gasteiger partial charge in [-0.05, 0) is 37.5 Å². The average Bonchev–Trinajstić information content (AvgIpc) is 2.92. The first-order chi connectivity index (χ1) is 9.65. The highest BCUT2D eigenvalue weighted by Gasteiger charge is 2.21. The number of nitrogens with zero attached hydrogens (tertiary/aromatic N) is 1. The minimum Gasteiger partial charge on any atom is -0.494 e. The van der Waals surface area contributed by atoms with E-state index in [0.29, 0.717) is 18.1 Å². The molecule has 0 heterocycles. The van der Waals surface area contributed by atoms with Crippen LogP contribution in [0.3, 0.4) is 0 Å². The van der Waals surface area contributed by atoms with E-state index in [0.717, 1.165) is 16.8 Å². The number of rotatable bonds is 5. The van der Waals surface area contributed by atoms with Crippen LogP contribution in [0.4, 0.5) is 5.69 Å². The Kier molecular flexibility index (Phi) is 4.94. The average molecular weight is 273 g/mol. The number of aryl methyl sites for hydroxylation is 1. The summed E-state index contributed by atoms with van der Waals surface area (Å²) < 4.78 is 5.35. The summed E-state index contributed by atoms with van der Waals surface area (Å²) in [5.74, 6) is 1.48. The molecule has 0 N–H and O–H groups in total. The Morgan fingerprint density at radius 3 is 2.70 bits per heavy atom. The zero-order chi connectivity index (χ0) is 14.5. The van der Waals surface area contributed by atoms with E-state index in [2.05, 4.69) is 4.99 Å². The lowest BCUT2D eigenvalue weighted by atomic mass is 9.94.